The average molecular weight is 392 g/mol. The molecule has 29 heavy (non-hydrogen) atoms. The standard InChI is InChI=1S/C23H15F3N2O/c24-23(25,26)17-10-8-15(9-11-17)16-13-20(18-5-1-2-7-22(18)29)28-21(14-16)19-6-3-4-12-27-19/h1-14,29H. The molecule has 0 radical (unpaired) electrons. The third kappa shape index (κ3) is 3.96. The molecular weight excluding hydrogens is 377 g/mol. The van der Waals surface area contributed by atoms with Gasteiger partial charge in [0.25, 0.3) is 0 Å². The number of alkyl halides is 3. The smallest absolute Gasteiger partial charge is 0.416 e. The van der Waals surface area contributed by atoms with E-state index in [0.717, 1.165) is 12.1 Å². The molecule has 0 saturated heterocycles. The average Bonchev–Trinajstić information content (AvgIpc) is 2.74. The first-order valence-corrected chi connectivity index (χ1v) is 8.81. The van der Waals surface area contributed by atoms with Gasteiger partial charge in [-0.05, 0) is 59.7 Å². The first-order valence-electron chi connectivity index (χ1n) is 8.81. The van der Waals surface area contributed by atoms with E-state index in [9.17, 15) is 18.3 Å². The molecule has 6 heteroatoms. The monoisotopic (exact) mass is 392 g/mol. The Balaban J connectivity index is 1.87. The zero-order valence-corrected chi connectivity index (χ0v) is 15.1. The lowest BCUT2D eigenvalue weighted by Crippen LogP contribution is -2.04. The van der Waals surface area contributed by atoms with Gasteiger partial charge in [-0.2, -0.15) is 13.2 Å². The highest BCUT2D eigenvalue weighted by Gasteiger charge is 2.30. The van der Waals surface area contributed by atoms with Gasteiger partial charge >= 0.3 is 6.18 Å². The molecule has 0 aliphatic heterocycles. The summed E-state index contributed by atoms with van der Waals surface area (Å²) in [5.41, 5.74) is 2.78. The lowest BCUT2D eigenvalue weighted by Gasteiger charge is -2.12. The maximum absolute atomic E-state index is 12.9. The minimum atomic E-state index is -4.39. The number of phenols is 1. The molecule has 1 N–H and O–H groups in total. The molecule has 0 aliphatic carbocycles. The fraction of sp³-hybridized carbons (Fsp3) is 0.0435. The van der Waals surface area contributed by atoms with Gasteiger partial charge in [-0.15, -0.1) is 0 Å². The van der Waals surface area contributed by atoms with Crippen molar-refractivity contribution in [3.05, 3.63) is 90.6 Å². The third-order valence-corrected chi connectivity index (χ3v) is 4.48. The Morgan fingerprint density at radius 3 is 2.03 bits per heavy atom. The van der Waals surface area contributed by atoms with E-state index in [-0.39, 0.29) is 5.75 Å². The SMILES string of the molecule is Oc1ccccc1-c1cc(-c2ccc(C(F)(F)F)cc2)cc(-c2ccccn2)n1. The van der Waals surface area contributed by atoms with Crippen molar-refractivity contribution in [3.63, 3.8) is 0 Å². The molecule has 3 nitrogen and oxygen atoms in total. The molecule has 2 aromatic carbocycles. The summed E-state index contributed by atoms with van der Waals surface area (Å²) in [6, 6.07) is 20.7. The van der Waals surface area contributed by atoms with E-state index < -0.39 is 11.7 Å². The van der Waals surface area contributed by atoms with Gasteiger partial charge in [-0.25, -0.2) is 4.98 Å². The predicted octanol–water partition coefficient (Wildman–Crippen LogP) is 6.20. The molecule has 0 fully saturated rings. The van der Waals surface area contributed by atoms with Crippen molar-refractivity contribution < 1.29 is 18.3 Å². The normalized spacial score (nSPS) is 11.4. The molecule has 0 bridgehead atoms. The van der Waals surface area contributed by atoms with Gasteiger partial charge in [0.1, 0.15) is 5.75 Å². The molecule has 0 saturated carbocycles. The van der Waals surface area contributed by atoms with Crippen LogP contribution in [0.4, 0.5) is 13.2 Å². The van der Waals surface area contributed by atoms with Crippen LogP contribution in [0.5, 0.6) is 5.75 Å². The fourth-order valence-corrected chi connectivity index (χ4v) is 3.02. The predicted molar refractivity (Wildman–Crippen MR) is 105 cm³/mol. The number of aromatic nitrogens is 2. The number of rotatable bonds is 3. The maximum atomic E-state index is 12.9. The van der Waals surface area contributed by atoms with Gasteiger partial charge in [-0.3, -0.25) is 4.98 Å². The van der Waals surface area contributed by atoms with Crippen molar-refractivity contribution in [2.75, 3.05) is 0 Å². The number of aromatic hydroxyl groups is 1. The summed E-state index contributed by atoms with van der Waals surface area (Å²) in [7, 11) is 0. The number of halogens is 3. The molecule has 0 aliphatic rings. The minimum Gasteiger partial charge on any atom is -0.507 e. The van der Waals surface area contributed by atoms with Crippen LogP contribution in [0.1, 0.15) is 5.56 Å². The van der Waals surface area contributed by atoms with E-state index in [1.54, 1.807) is 54.7 Å². The molecule has 0 spiro atoms. The highest BCUT2D eigenvalue weighted by Crippen LogP contribution is 2.35. The number of para-hydroxylation sites is 1. The second kappa shape index (κ2) is 7.39. The van der Waals surface area contributed by atoms with Gasteiger partial charge in [-0.1, -0.05) is 30.3 Å². The Morgan fingerprint density at radius 1 is 0.690 bits per heavy atom. The van der Waals surface area contributed by atoms with E-state index in [0.29, 0.717) is 33.8 Å². The zero-order chi connectivity index (χ0) is 20.4. The number of phenolic OH excluding ortho intramolecular Hbond substituents is 1. The highest BCUT2D eigenvalue weighted by atomic mass is 19.4. The summed E-state index contributed by atoms with van der Waals surface area (Å²) in [6.07, 6.45) is -2.75. The van der Waals surface area contributed by atoms with Crippen LogP contribution in [0.2, 0.25) is 0 Å². The summed E-state index contributed by atoms with van der Waals surface area (Å²) in [6.45, 7) is 0. The maximum Gasteiger partial charge on any atom is 0.416 e. The number of benzene rings is 2. The van der Waals surface area contributed by atoms with E-state index in [1.165, 1.54) is 12.1 Å². The third-order valence-electron chi connectivity index (χ3n) is 4.48. The van der Waals surface area contributed by atoms with Crippen LogP contribution in [-0.4, -0.2) is 15.1 Å². The summed E-state index contributed by atoms with van der Waals surface area (Å²) in [4.78, 5) is 8.93. The fourth-order valence-electron chi connectivity index (χ4n) is 3.02. The second-order valence-electron chi connectivity index (χ2n) is 6.43. The molecule has 4 rings (SSSR count). The highest BCUT2D eigenvalue weighted by molar-refractivity contribution is 5.77. The molecule has 0 unspecified atom stereocenters. The molecule has 4 aromatic rings. The van der Waals surface area contributed by atoms with Crippen molar-refractivity contribution in [2.45, 2.75) is 6.18 Å². The van der Waals surface area contributed by atoms with Gasteiger partial charge < -0.3 is 5.11 Å². The Morgan fingerprint density at radius 2 is 1.38 bits per heavy atom. The lowest BCUT2D eigenvalue weighted by molar-refractivity contribution is -0.137. The van der Waals surface area contributed by atoms with Crippen molar-refractivity contribution in [1.29, 1.82) is 0 Å². The van der Waals surface area contributed by atoms with Crippen molar-refractivity contribution in [3.8, 4) is 39.5 Å². The summed E-state index contributed by atoms with van der Waals surface area (Å²) in [5.74, 6) is 0.0662. The van der Waals surface area contributed by atoms with Gasteiger partial charge in [0.2, 0.25) is 0 Å². The number of nitrogens with zero attached hydrogens (tertiary/aromatic N) is 2. The Bertz CT molecular complexity index is 1140. The Labute approximate surface area is 165 Å². The van der Waals surface area contributed by atoms with Crippen LogP contribution < -0.4 is 0 Å². The zero-order valence-electron chi connectivity index (χ0n) is 15.1. The number of hydrogen-bond acceptors (Lipinski definition) is 3. The Hall–Kier alpha value is -3.67. The largest absolute Gasteiger partial charge is 0.507 e. The first-order chi connectivity index (χ1) is 13.9. The van der Waals surface area contributed by atoms with Crippen LogP contribution in [0, 0.1) is 0 Å². The molecule has 2 heterocycles. The van der Waals surface area contributed by atoms with Crippen LogP contribution in [0.25, 0.3) is 33.8 Å². The van der Waals surface area contributed by atoms with E-state index >= 15 is 0 Å². The minimum absolute atomic E-state index is 0.0662. The number of hydrogen-bond donors (Lipinski definition) is 1. The molecule has 2 aromatic heterocycles. The van der Waals surface area contributed by atoms with Gasteiger partial charge in [0, 0.05) is 11.8 Å². The van der Waals surface area contributed by atoms with E-state index in [4.69, 9.17) is 0 Å². The quantitative estimate of drug-likeness (QED) is 0.451. The van der Waals surface area contributed by atoms with Crippen molar-refractivity contribution in [1.82, 2.24) is 9.97 Å². The van der Waals surface area contributed by atoms with Gasteiger partial charge in [0.15, 0.2) is 0 Å². The second-order valence-corrected chi connectivity index (χ2v) is 6.43. The summed E-state index contributed by atoms with van der Waals surface area (Å²) in [5, 5.41) is 10.2. The van der Waals surface area contributed by atoms with Crippen molar-refractivity contribution >= 4 is 0 Å². The van der Waals surface area contributed by atoms with Crippen LogP contribution >= 0.6 is 0 Å². The van der Waals surface area contributed by atoms with Gasteiger partial charge in [0.05, 0.1) is 22.6 Å². The summed E-state index contributed by atoms with van der Waals surface area (Å²) < 4.78 is 38.7. The summed E-state index contributed by atoms with van der Waals surface area (Å²) >= 11 is 0. The topological polar surface area (TPSA) is 46.0 Å². The lowest BCUT2D eigenvalue weighted by atomic mass is 10.00. The van der Waals surface area contributed by atoms with Crippen molar-refractivity contribution in [2.24, 2.45) is 0 Å². The molecule has 144 valence electrons. The van der Waals surface area contributed by atoms with Crippen LogP contribution in [0.3, 0.4) is 0 Å². The number of pyridine rings is 2. The molecule has 0 atom stereocenters. The molecular formula is C23H15F3N2O. The van der Waals surface area contributed by atoms with E-state index in [2.05, 4.69) is 9.97 Å². The molecule has 0 amide bonds. The van der Waals surface area contributed by atoms with E-state index in [1.807, 2.05) is 6.07 Å². The first kappa shape index (κ1) is 18.7. The van der Waals surface area contributed by atoms with Crippen LogP contribution in [0.15, 0.2) is 85.1 Å². The Kier molecular flexibility index (Phi) is 4.76. The van der Waals surface area contributed by atoms with Crippen LogP contribution in [-0.2, 0) is 6.18 Å².